The van der Waals surface area contributed by atoms with Crippen LogP contribution in [-0.4, -0.2) is 44.5 Å². The van der Waals surface area contributed by atoms with Crippen molar-refractivity contribution in [3.63, 3.8) is 0 Å². The fourth-order valence-corrected chi connectivity index (χ4v) is 3.79. The lowest BCUT2D eigenvalue weighted by Gasteiger charge is -2.35. The Morgan fingerprint density at radius 3 is 2.37 bits per heavy atom. The van der Waals surface area contributed by atoms with E-state index in [0.717, 1.165) is 18.8 Å². The molecule has 0 unspecified atom stereocenters. The SMILES string of the molecule is CN(C)CC1(C2CCC(C(=O)NCCN)CC2)CC1. The second kappa shape index (κ2) is 6.23. The lowest BCUT2D eigenvalue weighted by molar-refractivity contribution is -0.126. The minimum Gasteiger partial charge on any atom is -0.355 e. The van der Waals surface area contributed by atoms with Gasteiger partial charge in [0.15, 0.2) is 0 Å². The Bertz CT molecular complexity index is 305. The van der Waals surface area contributed by atoms with Gasteiger partial charge < -0.3 is 16.0 Å². The summed E-state index contributed by atoms with van der Waals surface area (Å²) in [4.78, 5) is 14.3. The highest BCUT2D eigenvalue weighted by atomic mass is 16.1. The number of rotatable bonds is 6. The van der Waals surface area contributed by atoms with Gasteiger partial charge in [-0.2, -0.15) is 0 Å². The zero-order chi connectivity index (χ0) is 13.9. The van der Waals surface area contributed by atoms with E-state index in [9.17, 15) is 4.79 Å². The van der Waals surface area contributed by atoms with E-state index in [0.29, 0.717) is 18.5 Å². The summed E-state index contributed by atoms with van der Waals surface area (Å²) in [5.41, 5.74) is 6.01. The average Bonchev–Trinajstić information content (AvgIpc) is 3.16. The van der Waals surface area contributed by atoms with Gasteiger partial charge >= 0.3 is 0 Å². The van der Waals surface area contributed by atoms with Crippen LogP contribution in [0.1, 0.15) is 38.5 Å². The van der Waals surface area contributed by atoms with Gasteiger partial charge in [-0.05, 0) is 64.0 Å². The average molecular weight is 267 g/mol. The van der Waals surface area contributed by atoms with Crippen LogP contribution in [0.4, 0.5) is 0 Å². The normalized spacial score (nSPS) is 29.3. The molecule has 0 aromatic carbocycles. The molecule has 2 saturated carbocycles. The third kappa shape index (κ3) is 3.69. The Morgan fingerprint density at radius 1 is 1.26 bits per heavy atom. The Balaban J connectivity index is 1.78. The maximum absolute atomic E-state index is 11.9. The molecule has 2 aliphatic carbocycles. The first-order valence-electron chi connectivity index (χ1n) is 7.70. The molecule has 0 bridgehead atoms. The van der Waals surface area contributed by atoms with Crippen LogP contribution in [0, 0.1) is 17.3 Å². The minimum absolute atomic E-state index is 0.223. The third-order valence-electron chi connectivity index (χ3n) is 4.93. The highest BCUT2D eigenvalue weighted by Crippen LogP contribution is 2.57. The van der Waals surface area contributed by atoms with Crippen molar-refractivity contribution >= 4 is 5.91 Å². The van der Waals surface area contributed by atoms with E-state index in [-0.39, 0.29) is 11.8 Å². The van der Waals surface area contributed by atoms with E-state index in [4.69, 9.17) is 5.73 Å². The predicted molar refractivity (Wildman–Crippen MR) is 77.7 cm³/mol. The standard InChI is InChI=1S/C15H29N3O/c1-18(2)11-15(7-8-15)13-5-3-12(4-6-13)14(19)17-10-9-16/h12-13H,3-11,16H2,1-2H3,(H,17,19). The van der Waals surface area contributed by atoms with E-state index < -0.39 is 0 Å². The van der Waals surface area contributed by atoms with Gasteiger partial charge in [-0.3, -0.25) is 4.79 Å². The summed E-state index contributed by atoms with van der Waals surface area (Å²) in [7, 11) is 4.35. The van der Waals surface area contributed by atoms with E-state index in [1.807, 2.05) is 0 Å². The zero-order valence-corrected chi connectivity index (χ0v) is 12.5. The number of nitrogens with one attached hydrogen (secondary N) is 1. The van der Waals surface area contributed by atoms with Crippen LogP contribution in [0.25, 0.3) is 0 Å². The number of carbonyl (C=O) groups is 1. The van der Waals surface area contributed by atoms with Gasteiger partial charge in [0.2, 0.25) is 5.91 Å². The minimum atomic E-state index is 0.223. The van der Waals surface area contributed by atoms with Crippen molar-refractivity contribution in [2.75, 3.05) is 33.7 Å². The molecular formula is C15H29N3O. The van der Waals surface area contributed by atoms with Crippen molar-refractivity contribution < 1.29 is 4.79 Å². The number of hydrogen-bond acceptors (Lipinski definition) is 3. The van der Waals surface area contributed by atoms with Crippen molar-refractivity contribution in [1.29, 1.82) is 0 Å². The molecule has 110 valence electrons. The molecule has 0 heterocycles. The van der Waals surface area contributed by atoms with Gasteiger partial charge in [-0.15, -0.1) is 0 Å². The van der Waals surface area contributed by atoms with Crippen LogP contribution in [0.5, 0.6) is 0 Å². The molecule has 4 heteroatoms. The summed E-state index contributed by atoms with van der Waals surface area (Å²) in [6, 6.07) is 0. The molecule has 0 aromatic rings. The molecule has 0 radical (unpaired) electrons. The molecule has 0 aromatic heterocycles. The smallest absolute Gasteiger partial charge is 0.223 e. The number of carbonyl (C=O) groups excluding carboxylic acids is 1. The summed E-state index contributed by atoms with van der Waals surface area (Å²) in [5.74, 6) is 1.30. The van der Waals surface area contributed by atoms with Crippen molar-refractivity contribution in [2.45, 2.75) is 38.5 Å². The lowest BCUT2D eigenvalue weighted by atomic mass is 9.73. The highest BCUT2D eigenvalue weighted by Gasteiger charge is 2.50. The molecule has 0 aliphatic heterocycles. The maximum Gasteiger partial charge on any atom is 0.223 e. The van der Waals surface area contributed by atoms with Crippen molar-refractivity contribution in [3.8, 4) is 0 Å². The van der Waals surface area contributed by atoms with Gasteiger partial charge in [0.25, 0.3) is 0 Å². The van der Waals surface area contributed by atoms with Gasteiger partial charge in [0.1, 0.15) is 0 Å². The first kappa shape index (κ1) is 14.8. The Hall–Kier alpha value is -0.610. The summed E-state index contributed by atoms with van der Waals surface area (Å²) in [5, 5.41) is 2.93. The van der Waals surface area contributed by atoms with E-state index in [1.54, 1.807) is 0 Å². The molecule has 0 spiro atoms. The Labute approximate surface area is 117 Å². The number of hydrogen-bond donors (Lipinski definition) is 2. The summed E-state index contributed by atoms with van der Waals surface area (Å²) in [6.07, 6.45) is 7.37. The van der Waals surface area contributed by atoms with Crippen LogP contribution in [-0.2, 0) is 4.79 Å². The van der Waals surface area contributed by atoms with Crippen LogP contribution in [0.15, 0.2) is 0 Å². The maximum atomic E-state index is 11.9. The molecule has 0 saturated heterocycles. The molecule has 19 heavy (non-hydrogen) atoms. The van der Waals surface area contributed by atoms with Crippen molar-refractivity contribution in [3.05, 3.63) is 0 Å². The van der Waals surface area contributed by atoms with Gasteiger partial charge in [0, 0.05) is 25.6 Å². The van der Waals surface area contributed by atoms with Gasteiger partial charge in [0.05, 0.1) is 0 Å². The largest absolute Gasteiger partial charge is 0.355 e. The van der Waals surface area contributed by atoms with Gasteiger partial charge in [-0.25, -0.2) is 0 Å². The number of nitrogens with two attached hydrogens (primary N) is 1. The molecule has 3 N–H and O–H groups in total. The molecule has 1 amide bonds. The van der Waals surface area contributed by atoms with Crippen LogP contribution < -0.4 is 11.1 Å². The quantitative estimate of drug-likeness (QED) is 0.760. The van der Waals surface area contributed by atoms with Crippen molar-refractivity contribution in [2.24, 2.45) is 23.0 Å². The van der Waals surface area contributed by atoms with E-state index >= 15 is 0 Å². The summed E-state index contributed by atoms with van der Waals surface area (Å²) >= 11 is 0. The molecule has 2 rings (SSSR count). The van der Waals surface area contributed by atoms with E-state index in [2.05, 4.69) is 24.3 Å². The van der Waals surface area contributed by atoms with Crippen LogP contribution >= 0.6 is 0 Å². The first-order chi connectivity index (χ1) is 9.07. The molecule has 0 atom stereocenters. The fourth-order valence-electron chi connectivity index (χ4n) is 3.79. The fraction of sp³-hybridized carbons (Fsp3) is 0.933. The summed E-state index contributed by atoms with van der Waals surface area (Å²) in [6.45, 7) is 2.37. The molecular weight excluding hydrogens is 238 g/mol. The molecule has 4 nitrogen and oxygen atoms in total. The molecule has 2 fully saturated rings. The summed E-state index contributed by atoms with van der Waals surface area (Å²) < 4.78 is 0. The zero-order valence-electron chi connectivity index (χ0n) is 12.5. The Kier molecular flexibility index (Phi) is 4.85. The van der Waals surface area contributed by atoms with Gasteiger partial charge in [-0.1, -0.05) is 0 Å². The van der Waals surface area contributed by atoms with E-state index in [1.165, 1.54) is 32.2 Å². The Morgan fingerprint density at radius 2 is 1.89 bits per heavy atom. The lowest BCUT2D eigenvalue weighted by Crippen LogP contribution is -2.38. The monoisotopic (exact) mass is 267 g/mol. The third-order valence-corrected chi connectivity index (χ3v) is 4.93. The number of nitrogens with zero attached hydrogens (tertiary/aromatic N) is 1. The number of amides is 1. The second-order valence-electron chi connectivity index (χ2n) is 6.73. The predicted octanol–water partition coefficient (Wildman–Crippen LogP) is 1.21. The highest BCUT2D eigenvalue weighted by molar-refractivity contribution is 5.78. The topological polar surface area (TPSA) is 58.4 Å². The molecule has 2 aliphatic rings. The van der Waals surface area contributed by atoms with Crippen molar-refractivity contribution in [1.82, 2.24) is 10.2 Å². The first-order valence-corrected chi connectivity index (χ1v) is 7.70. The van der Waals surface area contributed by atoms with Crippen LogP contribution in [0.2, 0.25) is 0 Å². The van der Waals surface area contributed by atoms with Crippen LogP contribution in [0.3, 0.4) is 0 Å². The second-order valence-corrected chi connectivity index (χ2v) is 6.73.